The molecule has 0 spiro atoms. The predicted octanol–water partition coefficient (Wildman–Crippen LogP) is 4.15. The van der Waals surface area contributed by atoms with Crippen molar-refractivity contribution in [3.8, 4) is 5.75 Å². The summed E-state index contributed by atoms with van der Waals surface area (Å²) in [5.41, 5.74) is 2.26. The van der Waals surface area contributed by atoms with Gasteiger partial charge in [-0.05, 0) is 62.2 Å². The van der Waals surface area contributed by atoms with Crippen LogP contribution in [0.4, 0.5) is 0 Å². The molecule has 0 aliphatic heterocycles. The number of hydrogen-bond acceptors (Lipinski definition) is 4. The van der Waals surface area contributed by atoms with Crippen molar-refractivity contribution in [3.63, 3.8) is 0 Å². The summed E-state index contributed by atoms with van der Waals surface area (Å²) in [5, 5.41) is 3.08. The standard InChI is InChI=1S/C22H32N2O3/c1-15(2)18(17-9-10-20(26-6)16(3)12-17)13-22(25)23-14-19(24(4)5)21-8-7-11-27-21/h7-12,15,18-19H,13-14H2,1-6H3,(H,23,25). The Morgan fingerprint density at radius 2 is 2.00 bits per heavy atom. The van der Waals surface area contributed by atoms with Crippen molar-refractivity contribution < 1.29 is 13.9 Å². The molecular formula is C22H32N2O3. The number of benzene rings is 1. The van der Waals surface area contributed by atoms with Gasteiger partial charge in [0.2, 0.25) is 5.91 Å². The Balaban J connectivity index is 2.03. The summed E-state index contributed by atoms with van der Waals surface area (Å²) >= 11 is 0. The molecule has 148 valence electrons. The van der Waals surface area contributed by atoms with E-state index in [9.17, 15) is 4.79 Å². The topological polar surface area (TPSA) is 54.7 Å². The fourth-order valence-electron chi connectivity index (χ4n) is 3.37. The maximum absolute atomic E-state index is 12.7. The fourth-order valence-corrected chi connectivity index (χ4v) is 3.37. The summed E-state index contributed by atoms with van der Waals surface area (Å²) in [7, 11) is 5.64. The average molecular weight is 373 g/mol. The first-order chi connectivity index (χ1) is 12.8. The van der Waals surface area contributed by atoms with Gasteiger partial charge in [0.05, 0.1) is 19.4 Å². The molecule has 5 nitrogen and oxygen atoms in total. The van der Waals surface area contributed by atoms with E-state index in [4.69, 9.17) is 9.15 Å². The molecule has 1 amide bonds. The molecule has 0 fully saturated rings. The molecule has 0 bridgehead atoms. The van der Waals surface area contributed by atoms with Gasteiger partial charge in [0.1, 0.15) is 11.5 Å². The van der Waals surface area contributed by atoms with Crippen LogP contribution >= 0.6 is 0 Å². The molecule has 0 saturated heterocycles. The molecule has 2 rings (SSSR count). The minimum absolute atomic E-state index is 0.0182. The van der Waals surface area contributed by atoms with Crippen LogP contribution in [-0.2, 0) is 4.79 Å². The minimum Gasteiger partial charge on any atom is -0.496 e. The van der Waals surface area contributed by atoms with Crippen molar-refractivity contribution in [1.29, 1.82) is 0 Å². The van der Waals surface area contributed by atoms with Gasteiger partial charge in [0.15, 0.2) is 0 Å². The van der Waals surface area contributed by atoms with Crippen LogP contribution in [0.1, 0.15) is 49.1 Å². The van der Waals surface area contributed by atoms with E-state index in [1.165, 1.54) is 5.56 Å². The first kappa shape index (κ1) is 21.0. The second-order valence-corrected chi connectivity index (χ2v) is 7.58. The monoisotopic (exact) mass is 372 g/mol. The average Bonchev–Trinajstić information content (AvgIpc) is 3.13. The number of aryl methyl sites for hydroxylation is 1. The Morgan fingerprint density at radius 1 is 1.26 bits per heavy atom. The zero-order valence-corrected chi connectivity index (χ0v) is 17.3. The number of likely N-dealkylation sites (N-methyl/N-ethyl adjacent to an activating group) is 1. The van der Waals surface area contributed by atoms with E-state index in [2.05, 4.69) is 31.3 Å². The van der Waals surface area contributed by atoms with Gasteiger partial charge in [-0.15, -0.1) is 0 Å². The Hall–Kier alpha value is -2.27. The highest BCUT2D eigenvalue weighted by atomic mass is 16.5. The third kappa shape index (κ3) is 5.60. The van der Waals surface area contributed by atoms with Gasteiger partial charge in [0.25, 0.3) is 0 Å². The van der Waals surface area contributed by atoms with Gasteiger partial charge in [-0.2, -0.15) is 0 Å². The number of hydrogen-bond donors (Lipinski definition) is 1. The van der Waals surface area contributed by atoms with E-state index in [0.717, 1.165) is 17.1 Å². The van der Waals surface area contributed by atoms with Gasteiger partial charge < -0.3 is 14.5 Å². The van der Waals surface area contributed by atoms with Crippen molar-refractivity contribution in [2.24, 2.45) is 5.92 Å². The lowest BCUT2D eigenvalue weighted by molar-refractivity contribution is -0.121. The molecule has 0 radical (unpaired) electrons. The third-order valence-electron chi connectivity index (χ3n) is 5.04. The smallest absolute Gasteiger partial charge is 0.220 e. The zero-order valence-electron chi connectivity index (χ0n) is 17.3. The molecular weight excluding hydrogens is 340 g/mol. The van der Waals surface area contributed by atoms with Crippen LogP contribution in [-0.4, -0.2) is 38.6 Å². The van der Waals surface area contributed by atoms with Crippen molar-refractivity contribution in [2.75, 3.05) is 27.7 Å². The molecule has 1 aromatic heterocycles. The molecule has 0 saturated carbocycles. The van der Waals surface area contributed by atoms with Gasteiger partial charge in [-0.3, -0.25) is 9.69 Å². The number of nitrogens with zero attached hydrogens (tertiary/aromatic N) is 1. The molecule has 1 heterocycles. The van der Waals surface area contributed by atoms with Crippen LogP contribution in [0.25, 0.3) is 0 Å². The van der Waals surface area contributed by atoms with E-state index in [1.807, 2.05) is 44.1 Å². The van der Waals surface area contributed by atoms with Crippen LogP contribution in [0, 0.1) is 12.8 Å². The molecule has 0 aliphatic carbocycles. The van der Waals surface area contributed by atoms with Gasteiger partial charge in [-0.1, -0.05) is 26.0 Å². The van der Waals surface area contributed by atoms with Crippen LogP contribution in [0.2, 0.25) is 0 Å². The summed E-state index contributed by atoms with van der Waals surface area (Å²) in [6, 6.07) is 10.0. The van der Waals surface area contributed by atoms with Crippen molar-refractivity contribution >= 4 is 5.91 Å². The second kappa shape index (κ2) is 9.60. The van der Waals surface area contributed by atoms with Crippen molar-refractivity contribution in [1.82, 2.24) is 10.2 Å². The van der Waals surface area contributed by atoms with Gasteiger partial charge >= 0.3 is 0 Å². The predicted molar refractivity (Wildman–Crippen MR) is 108 cm³/mol. The first-order valence-corrected chi connectivity index (χ1v) is 9.44. The number of nitrogens with one attached hydrogen (secondary N) is 1. The van der Waals surface area contributed by atoms with Gasteiger partial charge in [0, 0.05) is 13.0 Å². The SMILES string of the molecule is COc1ccc(C(CC(=O)NCC(c2ccco2)N(C)C)C(C)C)cc1C. The molecule has 5 heteroatoms. The summed E-state index contributed by atoms with van der Waals surface area (Å²) in [6.45, 7) is 6.86. The maximum Gasteiger partial charge on any atom is 0.220 e. The first-order valence-electron chi connectivity index (χ1n) is 9.44. The highest BCUT2D eigenvalue weighted by Gasteiger charge is 2.22. The molecule has 2 unspecified atom stereocenters. The quantitative estimate of drug-likeness (QED) is 0.719. The maximum atomic E-state index is 12.7. The van der Waals surface area contributed by atoms with Crippen molar-refractivity contribution in [3.05, 3.63) is 53.5 Å². The van der Waals surface area contributed by atoms with Crippen molar-refractivity contribution in [2.45, 2.75) is 39.2 Å². The highest BCUT2D eigenvalue weighted by Crippen LogP contribution is 2.31. The molecule has 1 aromatic carbocycles. The Bertz CT molecular complexity index is 723. The van der Waals surface area contributed by atoms with Crippen LogP contribution in [0.3, 0.4) is 0 Å². The molecule has 27 heavy (non-hydrogen) atoms. The number of amides is 1. The van der Waals surface area contributed by atoms with Crippen LogP contribution in [0.5, 0.6) is 5.75 Å². The summed E-state index contributed by atoms with van der Waals surface area (Å²) in [4.78, 5) is 14.7. The molecule has 0 aliphatic rings. The Morgan fingerprint density at radius 3 is 2.52 bits per heavy atom. The van der Waals surface area contributed by atoms with Gasteiger partial charge in [-0.25, -0.2) is 0 Å². The van der Waals surface area contributed by atoms with E-state index in [0.29, 0.717) is 18.9 Å². The van der Waals surface area contributed by atoms with E-state index in [-0.39, 0.29) is 17.9 Å². The lowest BCUT2D eigenvalue weighted by atomic mass is 9.85. The van der Waals surface area contributed by atoms with E-state index in [1.54, 1.807) is 13.4 Å². The lowest BCUT2D eigenvalue weighted by Crippen LogP contribution is -2.35. The summed E-state index contributed by atoms with van der Waals surface area (Å²) in [6.07, 6.45) is 2.12. The second-order valence-electron chi connectivity index (χ2n) is 7.58. The highest BCUT2D eigenvalue weighted by molar-refractivity contribution is 5.77. The summed E-state index contributed by atoms with van der Waals surface area (Å²) < 4.78 is 10.9. The molecule has 2 atom stereocenters. The Labute approximate surface area is 162 Å². The molecule has 1 N–H and O–H groups in total. The number of furan rings is 1. The number of methoxy groups -OCH3 is 1. The Kier molecular flexibility index (Phi) is 7.48. The largest absolute Gasteiger partial charge is 0.496 e. The zero-order chi connectivity index (χ0) is 20.0. The lowest BCUT2D eigenvalue weighted by Gasteiger charge is -2.25. The fraction of sp³-hybridized carbons (Fsp3) is 0.500. The minimum atomic E-state index is 0.0182. The number of ether oxygens (including phenoxy) is 1. The van der Waals surface area contributed by atoms with E-state index >= 15 is 0 Å². The van der Waals surface area contributed by atoms with Crippen LogP contribution < -0.4 is 10.1 Å². The normalized spacial score (nSPS) is 13.6. The number of carbonyl (C=O) groups excluding carboxylic acids is 1. The summed E-state index contributed by atoms with van der Waals surface area (Å²) in [5.74, 6) is 2.30. The number of rotatable bonds is 9. The van der Waals surface area contributed by atoms with Crippen LogP contribution in [0.15, 0.2) is 41.0 Å². The molecule has 2 aromatic rings. The third-order valence-corrected chi connectivity index (χ3v) is 5.04. The number of carbonyl (C=O) groups is 1. The van der Waals surface area contributed by atoms with E-state index < -0.39 is 0 Å².